The Morgan fingerprint density at radius 2 is 1.81 bits per heavy atom. The number of rotatable bonds is 13. The van der Waals surface area contributed by atoms with Crippen LogP contribution in [0.15, 0.2) is 24.3 Å². The molecule has 5 heteroatoms. The maximum atomic E-state index is 10.8. The molecular formula is C27H41NO4. The average Bonchev–Trinajstić information content (AvgIpc) is 3.09. The van der Waals surface area contributed by atoms with Gasteiger partial charge in [-0.3, -0.25) is 4.79 Å². The SMILES string of the molecule is CCCCC(O)C(C)(C)c1ccc(C2C(CCCCCCC(=O)O)[C@H](C#N)C[C@H]2O)cc1. The largest absolute Gasteiger partial charge is 0.481 e. The molecule has 1 aromatic rings. The van der Waals surface area contributed by atoms with E-state index in [1.165, 1.54) is 0 Å². The zero-order valence-electron chi connectivity index (χ0n) is 20.0. The maximum absolute atomic E-state index is 10.8. The molecule has 5 atom stereocenters. The quantitative estimate of drug-likeness (QED) is 0.347. The third-order valence-electron chi connectivity index (χ3n) is 7.44. The molecule has 0 saturated heterocycles. The zero-order valence-corrected chi connectivity index (χ0v) is 20.0. The van der Waals surface area contributed by atoms with Crippen molar-refractivity contribution in [2.75, 3.05) is 0 Å². The molecule has 3 N–H and O–H groups in total. The summed E-state index contributed by atoms with van der Waals surface area (Å²) in [4.78, 5) is 10.7. The molecule has 1 aromatic carbocycles. The fraction of sp³-hybridized carbons (Fsp3) is 0.704. The van der Waals surface area contributed by atoms with E-state index < -0.39 is 18.2 Å². The first-order chi connectivity index (χ1) is 15.2. The van der Waals surface area contributed by atoms with Crippen molar-refractivity contribution < 1.29 is 20.1 Å². The number of unbranched alkanes of at least 4 members (excludes halogenated alkanes) is 4. The van der Waals surface area contributed by atoms with Gasteiger partial charge >= 0.3 is 5.97 Å². The van der Waals surface area contributed by atoms with Gasteiger partial charge in [-0.1, -0.05) is 77.1 Å². The van der Waals surface area contributed by atoms with Gasteiger partial charge in [0.1, 0.15) is 0 Å². The predicted molar refractivity (Wildman–Crippen MR) is 126 cm³/mol. The lowest BCUT2D eigenvalue weighted by Gasteiger charge is -2.32. The fourth-order valence-corrected chi connectivity index (χ4v) is 5.21. The molecule has 0 bridgehead atoms. The summed E-state index contributed by atoms with van der Waals surface area (Å²) in [5, 5.41) is 39.9. The number of hydrogen-bond donors (Lipinski definition) is 3. The normalized spacial score (nSPS) is 24.2. The number of aliphatic hydroxyl groups excluding tert-OH is 2. The smallest absolute Gasteiger partial charge is 0.303 e. The van der Waals surface area contributed by atoms with Crippen LogP contribution in [-0.4, -0.2) is 33.5 Å². The van der Waals surface area contributed by atoms with E-state index in [1.54, 1.807) is 0 Å². The molecule has 0 amide bonds. The van der Waals surface area contributed by atoms with Gasteiger partial charge in [0.05, 0.1) is 24.2 Å². The Labute approximate surface area is 193 Å². The number of carboxylic acids is 1. The van der Waals surface area contributed by atoms with Gasteiger partial charge in [0.25, 0.3) is 0 Å². The highest BCUT2D eigenvalue weighted by molar-refractivity contribution is 5.66. The highest BCUT2D eigenvalue weighted by atomic mass is 16.4. The van der Waals surface area contributed by atoms with Crippen LogP contribution in [0.3, 0.4) is 0 Å². The summed E-state index contributed by atoms with van der Waals surface area (Å²) in [6, 6.07) is 10.7. The molecule has 0 heterocycles. The monoisotopic (exact) mass is 443 g/mol. The van der Waals surface area contributed by atoms with E-state index in [9.17, 15) is 20.3 Å². The van der Waals surface area contributed by atoms with Gasteiger partial charge in [-0.2, -0.15) is 5.26 Å². The Hall–Kier alpha value is -1.90. The maximum Gasteiger partial charge on any atom is 0.303 e. The van der Waals surface area contributed by atoms with Crippen molar-refractivity contribution in [3.8, 4) is 6.07 Å². The summed E-state index contributed by atoms with van der Waals surface area (Å²) in [6.07, 6.45) is 6.98. The number of carbonyl (C=O) groups is 1. The van der Waals surface area contributed by atoms with Gasteiger partial charge in [-0.15, -0.1) is 0 Å². The minimum atomic E-state index is -0.752. The molecule has 178 valence electrons. The van der Waals surface area contributed by atoms with Gasteiger partial charge < -0.3 is 15.3 Å². The molecule has 0 aromatic heterocycles. The Kier molecular flexibility index (Phi) is 10.2. The van der Waals surface area contributed by atoms with Gasteiger partial charge in [0, 0.05) is 17.8 Å². The number of nitriles is 1. The third-order valence-corrected chi connectivity index (χ3v) is 7.44. The lowest BCUT2D eigenvalue weighted by atomic mass is 9.76. The number of carboxylic acid groups (broad SMARTS) is 1. The molecule has 1 saturated carbocycles. The van der Waals surface area contributed by atoms with Crippen LogP contribution in [0.5, 0.6) is 0 Å². The first-order valence-electron chi connectivity index (χ1n) is 12.3. The molecule has 0 spiro atoms. The lowest BCUT2D eigenvalue weighted by Crippen LogP contribution is -2.33. The van der Waals surface area contributed by atoms with Gasteiger partial charge in [0.2, 0.25) is 0 Å². The minimum absolute atomic E-state index is 0.0548. The Morgan fingerprint density at radius 3 is 2.41 bits per heavy atom. The summed E-state index contributed by atoms with van der Waals surface area (Å²) in [7, 11) is 0. The van der Waals surface area contributed by atoms with E-state index in [4.69, 9.17) is 5.11 Å². The molecule has 1 fully saturated rings. The van der Waals surface area contributed by atoms with Crippen LogP contribution in [0, 0.1) is 23.2 Å². The first-order valence-corrected chi connectivity index (χ1v) is 12.3. The van der Waals surface area contributed by atoms with E-state index in [1.807, 2.05) is 0 Å². The first kappa shape index (κ1) is 26.4. The molecular weight excluding hydrogens is 402 g/mol. The second-order valence-electron chi connectivity index (χ2n) is 10.1. The van der Waals surface area contributed by atoms with E-state index in [0.29, 0.717) is 12.8 Å². The number of aliphatic carboxylic acids is 1. The number of aliphatic hydroxyl groups is 2. The van der Waals surface area contributed by atoms with Crippen LogP contribution < -0.4 is 0 Å². The third kappa shape index (κ3) is 6.80. The Morgan fingerprint density at radius 1 is 1.16 bits per heavy atom. The minimum Gasteiger partial charge on any atom is -0.481 e. The average molecular weight is 444 g/mol. The Balaban J connectivity index is 2.06. The van der Waals surface area contributed by atoms with Crippen LogP contribution in [0.2, 0.25) is 0 Å². The number of nitrogens with zero attached hydrogens (tertiary/aromatic N) is 1. The molecule has 32 heavy (non-hydrogen) atoms. The molecule has 0 radical (unpaired) electrons. The molecule has 3 unspecified atom stereocenters. The van der Waals surface area contributed by atoms with Crippen LogP contribution in [0.1, 0.15) is 102 Å². The van der Waals surface area contributed by atoms with Crippen molar-refractivity contribution in [3.05, 3.63) is 35.4 Å². The van der Waals surface area contributed by atoms with E-state index in [2.05, 4.69) is 51.1 Å². The van der Waals surface area contributed by atoms with E-state index in [-0.39, 0.29) is 29.6 Å². The molecule has 0 aliphatic heterocycles. The van der Waals surface area contributed by atoms with Crippen LogP contribution in [0.4, 0.5) is 0 Å². The highest BCUT2D eigenvalue weighted by Crippen LogP contribution is 2.46. The van der Waals surface area contributed by atoms with Gasteiger partial charge in [-0.25, -0.2) is 0 Å². The summed E-state index contributed by atoms with van der Waals surface area (Å²) in [6.45, 7) is 6.28. The van der Waals surface area contributed by atoms with Crippen molar-refractivity contribution >= 4 is 5.97 Å². The van der Waals surface area contributed by atoms with Crippen LogP contribution >= 0.6 is 0 Å². The number of benzene rings is 1. The van der Waals surface area contributed by atoms with E-state index >= 15 is 0 Å². The second-order valence-corrected chi connectivity index (χ2v) is 10.1. The van der Waals surface area contributed by atoms with E-state index in [0.717, 1.165) is 56.1 Å². The summed E-state index contributed by atoms with van der Waals surface area (Å²) in [5.41, 5.74) is 1.81. The highest BCUT2D eigenvalue weighted by Gasteiger charge is 2.43. The van der Waals surface area contributed by atoms with Crippen molar-refractivity contribution in [2.24, 2.45) is 11.8 Å². The Bertz CT molecular complexity index is 752. The summed E-state index contributed by atoms with van der Waals surface area (Å²) in [5.74, 6) is -0.844. The summed E-state index contributed by atoms with van der Waals surface area (Å²) >= 11 is 0. The second kappa shape index (κ2) is 12.4. The van der Waals surface area contributed by atoms with Crippen LogP contribution in [0.25, 0.3) is 0 Å². The molecule has 2 rings (SSSR count). The van der Waals surface area contributed by atoms with Crippen molar-refractivity contribution in [1.82, 2.24) is 0 Å². The standard InChI is InChI=1S/C27H41NO4/c1-4-5-11-24(30)27(2,3)21-15-13-19(14-16-21)26-22(20(18-28)17-23(26)29)10-8-6-7-9-12-25(31)32/h13-16,20,22-24,26,29-30H,4-12,17H2,1-3H3,(H,31,32)/t20-,22?,23+,24?,26?/m0/s1. The summed E-state index contributed by atoms with van der Waals surface area (Å²) < 4.78 is 0. The molecule has 1 aliphatic rings. The zero-order chi connectivity index (χ0) is 23.7. The molecule has 1 aliphatic carbocycles. The fourth-order valence-electron chi connectivity index (χ4n) is 5.21. The lowest BCUT2D eigenvalue weighted by molar-refractivity contribution is -0.137. The van der Waals surface area contributed by atoms with Gasteiger partial charge in [0.15, 0.2) is 0 Å². The van der Waals surface area contributed by atoms with Gasteiger partial charge in [-0.05, 0) is 42.7 Å². The van der Waals surface area contributed by atoms with Crippen molar-refractivity contribution in [2.45, 2.75) is 109 Å². The molecule has 5 nitrogen and oxygen atoms in total. The number of hydrogen-bond acceptors (Lipinski definition) is 4. The van der Waals surface area contributed by atoms with Crippen molar-refractivity contribution in [3.63, 3.8) is 0 Å². The van der Waals surface area contributed by atoms with Crippen molar-refractivity contribution in [1.29, 1.82) is 5.26 Å². The predicted octanol–water partition coefficient (Wildman–Crippen LogP) is 5.54. The topological polar surface area (TPSA) is 102 Å². The van der Waals surface area contributed by atoms with Crippen LogP contribution in [-0.2, 0) is 10.2 Å².